The van der Waals surface area contributed by atoms with E-state index < -0.39 is 0 Å². The number of ether oxygens (including phenoxy) is 1. The Morgan fingerprint density at radius 2 is 2.07 bits per heavy atom. The third kappa shape index (κ3) is 2.32. The highest BCUT2D eigenvalue weighted by atomic mass is 16.5. The van der Waals surface area contributed by atoms with Crippen LogP contribution in [0.5, 0.6) is 0 Å². The lowest BCUT2D eigenvalue weighted by atomic mass is 10.1. The average molecular weight is 205 g/mol. The number of anilines is 1. The fourth-order valence-electron chi connectivity index (χ4n) is 2.03. The summed E-state index contributed by atoms with van der Waals surface area (Å²) in [4.78, 5) is 2.42. The number of benzene rings is 1. The number of morpholine rings is 1. The van der Waals surface area contributed by atoms with E-state index in [9.17, 15) is 0 Å². The molecule has 15 heavy (non-hydrogen) atoms. The van der Waals surface area contributed by atoms with E-state index in [1.807, 2.05) is 0 Å². The Kier molecular flexibility index (Phi) is 3.27. The smallest absolute Gasteiger partial charge is 0.0668 e. The maximum Gasteiger partial charge on any atom is 0.0668 e. The minimum absolute atomic E-state index is 0.492. The molecule has 0 aromatic heterocycles. The summed E-state index contributed by atoms with van der Waals surface area (Å²) in [6, 6.07) is 9.38. The molecule has 1 aromatic rings. The van der Waals surface area contributed by atoms with Crippen molar-refractivity contribution >= 4 is 5.69 Å². The molecule has 1 fully saturated rings. The first-order valence-electron chi connectivity index (χ1n) is 5.74. The van der Waals surface area contributed by atoms with Gasteiger partial charge in [-0.1, -0.05) is 19.1 Å². The summed E-state index contributed by atoms with van der Waals surface area (Å²) in [5.74, 6) is 0. The number of aryl methyl sites for hydroxylation is 1. The van der Waals surface area contributed by atoms with Crippen molar-refractivity contribution in [3.63, 3.8) is 0 Å². The maximum absolute atomic E-state index is 5.44. The number of rotatable bonds is 2. The Labute approximate surface area is 91.9 Å². The third-order valence-corrected chi connectivity index (χ3v) is 3.04. The van der Waals surface area contributed by atoms with Gasteiger partial charge >= 0.3 is 0 Å². The molecule has 0 saturated carbocycles. The summed E-state index contributed by atoms with van der Waals surface area (Å²) in [6.45, 7) is 7.10. The van der Waals surface area contributed by atoms with E-state index in [4.69, 9.17) is 4.74 Å². The first-order valence-corrected chi connectivity index (χ1v) is 5.74. The summed E-state index contributed by atoms with van der Waals surface area (Å²) >= 11 is 0. The summed E-state index contributed by atoms with van der Waals surface area (Å²) in [5.41, 5.74) is 2.72. The first kappa shape index (κ1) is 10.5. The molecule has 0 amide bonds. The van der Waals surface area contributed by atoms with Gasteiger partial charge in [-0.2, -0.15) is 0 Å². The zero-order chi connectivity index (χ0) is 10.7. The normalized spacial score (nSPS) is 21.7. The van der Waals surface area contributed by atoms with Crippen LogP contribution in [-0.4, -0.2) is 25.8 Å². The monoisotopic (exact) mass is 205 g/mol. The van der Waals surface area contributed by atoms with Crippen molar-refractivity contribution < 1.29 is 4.74 Å². The molecule has 1 heterocycles. The summed E-state index contributed by atoms with van der Waals surface area (Å²) in [5, 5.41) is 0. The first-order chi connectivity index (χ1) is 7.31. The number of hydrogen-bond donors (Lipinski definition) is 0. The molecule has 1 unspecified atom stereocenters. The second-order valence-electron chi connectivity index (χ2n) is 4.14. The molecule has 2 nitrogen and oxygen atoms in total. The zero-order valence-corrected chi connectivity index (χ0v) is 9.57. The molecule has 1 saturated heterocycles. The molecular weight excluding hydrogens is 186 g/mol. The van der Waals surface area contributed by atoms with Crippen LogP contribution >= 0.6 is 0 Å². The predicted octanol–water partition coefficient (Wildman–Crippen LogP) is 2.47. The summed E-state index contributed by atoms with van der Waals surface area (Å²) in [7, 11) is 0. The standard InChI is InChI=1S/C13H19NO/c1-3-12-4-6-13(7-5-12)14-8-9-15-10-11(14)2/h4-7,11H,3,8-10H2,1-2H3. The maximum atomic E-state index is 5.44. The van der Waals surface area contributed by atoms with E-state index in [0.29, 0.717) is 6.04 Å². The lowest BCUT2D eigenvalue weighted by Gasteiger charge is -2.35. The molecule has 82 valence electrons. The molecular formula is C13H19NO. The molecule has 2 heteroatoms. The van der Waals surface area contributed by atoms with Gasteiger partial charge in [-0.3, -0.25) is 0 Å². The highest BCUT2D eigenvalue weighted by molar-refractivity contribution is 5.48. The van der Waals surface area contributed by atoms with Crippen LogP contribution in [0.3, 0.4) is 0 Å². The molecule has 0 spiro atoms. The zero-order valence-electron chi connectivity index (χ0n) is 9.57. The van der Waals surface area contributed by atoms with Gasteiger partial charge in [-0.25, -0.2) is 0 Å². The van der Waals surface area contributed by atoms with Crippen LogP contribution in [-0.2, 0) is 11.2 Å². The van der Waals surface area contributed by atoms with Crippen LogP contribution in [0.1, 0.15) is 19.4 Å². The highest BCUT2D eigenvalue weighted by Gasteiger charge is 2.18. The van der Waals surface area contributed by atoms with Gasteiger partial charge < -0.3 is 9.64 Å². The Morgan fingerprint density at radius 1 is 1.33 bits per heavy atom. The molecule has 0 radical (unpaired) electrons. The lowest BCUT2D eigenvalue weighted by molar-refractivity contribution is 0.0989. The summed E-state index contributed by atoms with van der Waals surface area (Å²) < 4.78 is 5.44. The molecule has 1 aliphatic rings. The Hall–Kier alpha value is -1.02. The van der Waals surface area contributed by atoms with Crippen molar-refractivity contribution in [1.29, 1.82) is 0 Å². The Bertz CT molecular complexity index is 307. The van der Waals surface area contributed by atoms with Gasteiger partial charge in [0.15, 0.2) is 0 Å². The summed E-state index contributed by atoms with van der Waals surface area (Å²) in [6.07, 6.45) is 1.11. The molecule has 0 bridgehead atoms. The van der Waals surface area contributed by atoms with Crippen molar-refractivity contribution in [2.75, 3.05) is 24.7 Å². The SMILES string of the molecule is CCc1ccc(N2CCOCC2C)cc1. The van der Waals surface area contributed by atoms with E-state index in [1.54, 1.807) is 0 Å². The van der Waals surface area contributed by atoms with Crippen LogP contribution in [0.25, 0.3) is 0 Å². The Morgan fingerprint density at radius 3 is 2.67 bits per heavy atom. The van der Waals surface area contributed by atoms with E-state index in [-0.39, 0.29) is 0 Å². The van der Waals surface area contributed by atoms with Crippen molar-refractivity contribution in [3.8, 4) is 0 Å². The van der Waals surface area contributed by atoms with Crippen LogP contribution in [0.15, 0.2) is 24.3 Å². The van der Waals surface area contributed by atoms with E-state index >= 15 is 0 Å². The minimum Gasteiger partial charge on any atom is -0.377 e. The van der Waals surface area contributed by atoms with Crippen molar-refractivity contribution in [2.45, 2.75) is 26.3 Å². The van der Waals surface area contributed by atoms with Crippen LogP contribution < -0.4 is 4.90 Å². The number of hydrogen-bond acceptors (Lipinski definition) is 2. The molecule has 1 aromatic carbocycles. The van der Waals surface area contributed by atoms with Gasteiger partial charge in [0.05, 0.1) is 13.2 Å². The van der Waals surface area contributed by atoms with Crippen molar-refractivity contribution in [3.05, 3.63) is 29.8 Å². The average Bonchev–Trinajstić information content (AvgIpc) is 2.30. The van der Waals surface area contributed by atoms with Crippen LogP contribution in [0.4, 0.5) is 5.69 Å². The van der Waals surface area contributed by atoms with E-state index in [1.165, 1.54) is 11.3 Å². The second-order valence-corrected chi connectivity index (χ2v) is 4.14. The van der Waals surface area contributed by atoms with Gasteiger partial charge in [0, 0.05) is 18.3 Å². The molecule has 0 aliphatic carbocycles. The largest absolute Gasteiger partial charge is 0.377 e. The topological polar surface area (TPSA) is 12.5 Å². The Balaban J connectivity index is 2.13. The van der Waals surface area contributed by atoms with Gasteiger partial charge in [0.1, 0.15) is 0 Å². The van der Waals surface area contributed by atoms with Gasteiger partial charge in [-0.05, 0) is 31.0 Å². The highest BCUT2D eigenvalue weighted by Crippen LogP contribution is 2.20. The van der Waals surface area contributed by atoms with Crippen LogP contribution in [0, 0.1) is 0 Å². The second kappa shape index (κ2) is 4.67. The quantitative estimate of drug-likeness (QED) is 0.735. The van der Waals surface area contributed by atoms with Gasteiger partial charge in [0.2, 0.25) is 0 Å². The fourth-order valence-corrected chi connectivity index (χ4v) is 2.03. The van der Waals surface area contributed by atoms with Crippen molar-refractivity contribution in [2.24, 2.45) is 0 Å². The van der Waals surface area contributed by atoms with Gasteiger partial charge in [-0.15, -0.1) is 0 Å². The number of nitrogens with zero attached hydrogens (tertiary/aromatic N) is 1. The van der Waals surface area contributed by atoms with Crippen molar-refractivity contribution in [1.82, 2.24) is 0 Å². The van der Waals surface area contributed by atoms with Crippen LogP contribution in [0.2, 0.25) is 0 Å². The molecule has 0 N–H and O–H groups in total. The lowest BCUT2D eigenvalue weighted by Crippen LogP contribution is -2.43. The fraction of sp³-hybridized carbons (Fsp3) is 0.538. The van der Waals surface area contributed by atoms with E-state index in [2.05, 4.69) is 43.0 Å². The molecule has 2 rings (SSSR count). The molecule has 1 atom stereocenters. The minimum atomic E-state index is 0.492. The van der Waals surface area contributed by atoms with Gasteiger partial charge in [0.25, 0.3) is 0 Å². The molecule has 1 aliphatic heterocycles. The van der Waals surface area contributed by atoms with E-state index in [0.717, 1.165) is 26.2 Å². The predicted molar refractivity (Wildman–Crippen MR) is 63.4 cm³/mol. The third-order valence-electron chi connectivity index (χ3n) is 3.04.